The van der Waals surface area contributed by atoms with Gasteiger partial charge in [0.25, 0.3) is 0 Å². The third kappa shape index (κ3) is 2.19. The molecule has 0 amide bonds. The van der Waals surface area contributed by atoms with Gasteiger partial charge in [-0.3, -0.25) is 9.78 Å². The van der Waals surface area contributed by atoms with E-state index < -0.39 is 11.4 Å². The van der Waals surface area contributed by atoms with Crippen LogP contribution in [0.15, 0.2) is 36.4 Å². The van der Waals surface area contributed by atoms with Crippen molar-refractivity contribution in [2.24, 2.45) is 5.41 Å². The number of pyridine rings is 1. The van der Waals surface area contributed by atoms with E-state index in [1.165, 1.54) is 0 Å². The summed E-state index contributed by atoms with van der Waals surface area (Å²) in [5, 5.41) is 13.7. The Kier molecular flexibility index (Phi) is 2.95. The summed E-state index contributed by atoms with van der Waals surface area (Å²) in [6.45, 7) is 1.29. The molecule has 0 spiro atoms. The fourth-order valence-electron chi connectivity index (χ4n) is 2.71. The molecule has 1 aliphatic rings. The first kappa shape index (κ1) is 12.1. The van der Waals surface area contributed by atoms with E-state index in [0.29, 0.717) is 19.4 Å². The van der Waals surface area contributed by atoms with E-state index in [0.717, 1.165) is 23.1 Å². The number of rotatable bonds is 3. The molecule has 0 bridgehead atoms. The van der Waals surface area contributed by atoms with Gasteiger partial charge in [-0.1, -0.05) is 24.3 Å². The molecular weight excluding hydrogens is 240 g/mol. The normalized spacial score (nSPS) is 22.7. The predicted molar refractivity (Wildman–Crippen MR) is 73.0 cm³/mol. The third-order valence-electron chi connectivity index (χ3n) is 3.87. The average Bonchev–Trinajstić information content (AvgIpc) is 2.88. The summed E-state index contributed by atoms with van der Waals surface area (Å²) in [6, 6.07) is 11.8. The maximum absolute atomic E-state index is 11.5. The summed E-state index contributed by atoms with van der Waals surface area (Å²) >= 11 is 0. The Hall–Kier alpha value is -1.94. The van der Waals surface area contributed by atoms with E-state index in [2.05, 4.69) is 10.3 Å². The molecule has 4 nitrogen and oxygen atoms in total. The minimum absolute atomic E-state index is 0.486. The number of nitrogens with zero attached hydrogens (tertiary/aromatic N) is 1. The van der Waals surface area contributed by atoms with Crippen LogP contribution in [0.5, 0.6) is 0 Å². The quantitative estimate of drug-likeness (QED) is 0.879. The molecular formula is C15H16N2O2. The van der Waals surface area contributed by atoms with Crippen molar-refractivity contribution in [3.8, 4) is 0 Å². The second-order valence-electron chi connectivity index (χ2n) is 5.18. The van der Waals surface area contributed by atoms with E-state index in [1.54, 1.807) is 0 Å². The fourth-order valence-corrected chi connectivity index (χ4v) is 2.71. The first-order chi connectivity index (χ1) is 9.20. The number of aromatic nitrogens is 1. The zero-order chi connectivity index (χ0) is 13.3. The molecule has 2 aromatic rings. The molecule has 1 unspecified atom stereocenters. The van der Waals surface area contributed by atoms with Crippen LogP contribution in [0.4, 0.5) is 0 Å². The molecule has 1 saturated heterocycles. The molecule has 1 atom stereocenters. The van der Waals surface area contributed by atoms with Crippen molar-refractivity contribution < 1.29 is 9.90 Å². The Balaban J connectivity index is 1.94. The molecule has 4 heteroatoms. The van der Waals surface area contributed by atoms with Crippen LogP contribution in [-0.2, 0) is 11.2 Å². The molecule has 1 aromatic heterocycles. The van der Waals surface area contributed by atoms with Crippen molar-refractivity contribution in [2.75, 3.05) is 13.1 Å². The number of benzene rings is 1. The van der Waals surface area contributed by atoms with Crippen LogP contribution in [-0.4, -0.2) is 29.1 Å². The largest absolute Gasteiger partial charge is 0.481 e. The molecule has 2 heterocycles. The summed E-state index contributed by atoms with van der Waals surface area (Å²) in [5.74, 6) is -0.729. The zero-order valence-corrected chi connectivity index (χ0v) is 10.6. The van der Waals surface area contributed by atoms with Crippen LogP contribution in [0, 0.1) is 5.41 Å². The summed E-state index contributed by atoms with van der Waals surface area (Å²) in [7, 11) is 0. The SMILES string of the molecule is O=C(O)C1(Cc2ccc3ccccc3n2)CCNC1. The van der Waals surface area contributed by atoms with Crippen LogP contribution < -0.4 is 5.32 Å². The highest BCUT2D eigenvalue weighted by atomic mass is 16.4. The van der Waals surface area contributed by atoms with E-state index >= 15 is 0 Å². The Morgan fingerprint density at radius 3 is 2.89 bits per heavy atom. The molecule has 1 aliphatic heterocycles. The number of hydrogen-bond acceptors (Lipinski definition) is 3. The van der Waals surface area contributed by atoms with Gasteiger partial charge in [-0.25, -0.2) is 0 Å². The minimum Gasteiger partial charge on any atom is -0.481 e. The lowest BCUT2D eigenvalue weighted by molar-refractivity contribution is -0.147. The highest BCUT2D eigenvalue weighted by Gasteiger charge is 2.41. The first-order valence-electron chi connectivity index (χ1n) is 6.48. The van der Waals surface area contributed by atoms with Crippen LogP contribution in [0.2, 0.25) is 0 Å². The highest BCUT2D eigenvalue weighted by Crippen LogP contribution is 2.30. The van der Waals surface area contributed by atoms with Crippen molar-refractivity contribution >= 4 is 16.9 Å². The van der Waals surface area contributed by atoms with Crippen LogP contribution >= 0.6 is 0 Å². The van der Waals surface area contributed by atoms with Gasteiger partial charge in [0.2, 0.25) is 0 Å². The summed E-state index contributed by atoms with van der Waals surface area (Å²) in [5.41, 5.74) is 1.08. The third-order valence-corrected chi connectivity index (χ3v) is 3.87. The van der Waals surface area contributed by atoms with Crippen molar-refractivity contribution in [3.63, 3.8) is 0 Å². The Morgan fingerprint density at radius 1 is 1.32 bits per heavy atom. The van der Waals surface area contributed by atoms with Crippen molar-refractivity contribution in [1.82, 2.24) is 10.3 Å². The van der Waals surface area contributed by atoms with E-state index in [-0.39, 0.29) is 0 Å². The summed E-state index contributed by atoms with van der Waals surface area (Å²) < 4.78 is 0. The monoisotopic (exact) mass is 256 g/mol. The van der Waals surface area contributed by atoms with Gasteiger partial charge in [0, 0.05) is 24.0 Å². The molecule has 0 saturated carbocycles. The van der Waals surface area contributed by atoms with Crippen LogP contribution in [0.3, 0.4) is 0 Å². The molecule has 2 N–H and O–H groups in total. The van der Waals surface area contributed by atoms with Gasteiger partial charge in [0.1, 0.15) is 0 Å². The number of hydrogen-bond donors (Lipinski definition) is 2. The molecule has 98 valence electrons. The molecule has 1 aromatic carbocycles. The number of carboxylic acids is 1. The number of nitrogens with one attached hydrogen (secondary N) is 1. The zero-order valence-electron chi connectivity index (χ0n) is 10.6. The van der Waals surface area contributed by atoms with Crippen molar-refractivity contribution in [1.29, 1.82) is 0 Å². The lowest BCUT2D eigenvalue weighted by Crippen LogP contribution is -2.35. The second kappa shape index (κ2) is 4.63. The molecule has 1 fully saturated rings. The van der Waals surface area contributed by atoms with E-state index in [1.807, 2.05) is 36.4 Å². The molecule has 0 aliphatic carbocycles. The van der Waals surface area contributed by atoms with Crippen molar-refractivity contribution in [3.05, 3.63) is 42.1 Å². The van der Waals surface area contributed by atoms with Gasteiger partial charge < -0.3 is 10.4 Å². The summed E-state index contributed by atoms with van der Waals surface area (Å²) in [6.07, 6.45) is 1.15. The van der Waals surface area contributed by atoms with Gasteiger partial charge in [-0.05, 0) is 25.1 Å². The topological polar surface area (TPSA) is 62.2 Å². The predicted octanol–water partition coefficient (Wildman–Crippen LogP) is 1.84. The standard InChI is InChI=1S/C15H16N2O2/c18-14(19)15(7-8-16-10-15)9-12-6-5-11-3-1-2-4-13(11)17-12/h1-6,16H,7-10H2,(H,18,19). The fraction of sp³-hybridized carbons (Fsp3) is 0.333. The van der Waals surface area contributed by atoms with Gasteiger partial charge in [-0.15, -0.1) is 0 Å². The average molecular weight is 256 g/mol. The number of aliphatic carboxylic acids is 1. The number of para-hydroxylation sites is 1. The maximum Gasteiger partial charge on any atom is 0.311 e. The Bertz CT molecular complexity index is 618. The molecule has 3 rings (SSSR count). The van der Waals surface area contributed by atoms with Gasteiger partial charge >= 0.3 is 5.97 Å². The second-order valence-corrected chi connectivity index (χ2v) is 5.18. The lowest BCUT2D eigenvalue weighted by Gasteiger charge is -2.22. The van der Waals surface area contributed by atoms with Gasteiger partial charge in [0.05, 0.1) is 10.9 Å². The van der Waals surface area contributed by atoms with E-state index in [9.17, 15) is 9.90 Å². The van der Waals surface area contributed by atoms with Crippen molar-refractivity contribution in [2.45, 2.75) is 12.8 Å². The smallest absolute Gasteiger partial charge is 0.311 e. The maximum atomic E-state index is 11.5. The number of carboxylic acid groups (broad SMARTS) is 1. The number of fused-ring (bicyclic) bond motifs is 1. The van der Waals surface area contributed by atoms with Gasteiger partial charge in [-0.2, -0.15) is 0 Å². The Morgan fingerprint density at radius 2 is 2.16 bits per heavy atom. The Labute approximate surface area is 111 Å². The first-order valence-corrected chi connectivity index (χ1v) is 6.48. The van der Waals surface area contributed by atoms with Gasteiger partial charge in [0.15, 0.2) is 0 Å². The summed E-state index contributed by atoms with van der Waals surface area (Å²) in [4.78, 5) is 16.1. The molecule has 19 heavy (non-hydrogen) atoms. The minimum atomic E-state index is -0.729. The lowest BCUT2D eigenvalue weighted by atomic mass is 9.82. The number of carbonyl (C=O) groups is 1. The molecule has 0 radical (unpaired) electrons. The highest BCUT2D eigenvalue weighted by molar-refractivity contribution is 5.79. The van der Waals surface area contributed by atoms with Crippen LogP contribution in [0.1, 0.15) is 12.1 Å². The van der Waals surface area contributed by atoms with Crippen LogP contribution in [0.25, 0.3) is 10.9 Å². The van der Waals surface area contributed by atoms with E-state index in [4.69, 9.17) is 0 Å².